The van der Waals surface area contributed by atoms with Crippen LogP contribution in [0.15, 0.2) is 51.9 Å². The molecule has 0 aliphatic heterocycles. The fourth-order valence-electron chi connectivity index (χ4n) is 2.72. The van der Waals surface area contributed by atoms with Gasteiger partial charge in [-0.1, -0.05) is 24.9 Å². The third-order valence-corrected chi connectivity index (χ3v) is 4.37. The summed E-state index contributed by atoms with van der Waals surface area (Å²) in [4.78, 5) is 11.8. The van der Waals surface area contributed by atoms with Crippen molar-refractivity contribution in [1.82, 2.24) is 0 Å². The van der Waals surface area contributed by atoms with Gasteiger partial charge in [0, 0.05) is 34.2 Å². The Labute approximate surface area is 140 Å². The summed E-state index contributed by atoms with van der Waals surface area (Å²) in [7, 11) is 0. The summed E-state index contributed by atoms with van der Waals surface area (Å²) in [6.45, 7) is 4.67. The first-order valence-electron chi connectivity index (χ1n) is 7.77. The normalized spacial score (nSPS) is 11.1. The van der Waals surface area contributed by atoms with E-state index in [4.69, 9.17) is 16.0 Å². The van der Waals surface area contributed by atoms with Gasteiger partial charge < -0.3 is 4.42 Å². The van der Waals surface area contributed by atoms with Gasteiger partial charge in [-0.05, 0) is 36.6 Å². The van der Waals surface area contributed by atoms with Crippen LogP contribution in [0.3, 0.4) is 0 Å². The maximum atomic E-state index is 11.8. The molecule has 0 aliphatic carbocycles. The summed E-state index contributed by atoms with van der Waals surface area (Å²) >= 11 is 6.23. The highest BCUT2D eigenvalue weighted by Crippen LogP contribution is 2.25. The van der Waals surface area contributed by atoms with E-state index in [0.717, 1.165) is 29.4 Å². The lowest BCUT2D eigenvalue weighted by Gasteiger charge is -2.06. The highest BCUT2D eigenvalue weighted by Gasteiger charge is 2.12. The van der Waals surface area contributed by atoms with E-state index in [-0.39, 0.29) is 5.63 Å². The third-order valence-electron chi connectivity index (χ3n) is 3.96. The molecule has 4 heteroatoms. The van der Waals surface area contributed by atoms with Crippen LogP contribution in [0.4, 0.5) is 0 Å². The fourth-order valence-corrected chi connectivity index (χ4v) is 2.89. The Morgan fingerprint density at radius 2 is 1.91 bits per heavy atom. The quantitative estimate of drug-likeness (QED) is 0.535. The van der Waals surface area contributed by atoms with Crippen LogP contribution in [0.25, 0.3) is 11.0 Å². The minimum Gasteiger partial charge on any atom is -0.423 e. The second kappa shape index (κ2) is 6.55. The van der Waals surface area contributed by atoms with Crippen molar-refractivity contribution in [2.75, 3.05) is 0 Å². The van der Waals surface area contributed by atoms with Crippen LogP contribution in [-0.2, 0) is 13.0 Å². The van der Waals surface area contributed by atoms with Crippen LogP contribution in [0.5, 0.6) is 0 Å². The highest BCUT2D eigenvalue weighted by molar-refractivity contribution is 6.32. The predicted molar refractivity (Wildman–Crippen MR) is 92.0 cm³/mol. The number of nitrogens with zero attached hydrogens (tertiary/aromatic N) is 1. The minimum absolute atomic E-state index is 0.336. The molecule has 0 bridgehead atoms. The zero-order chi connectivity index (χ0) is 16.4. The van der Waals surface area contributed by atoms with Gasteiger partial charge in [-0.3, -0.25) is 0 Å². The van der Waals surface area contributed by atoms with Gasteiger partial charge in [-0.25, -0.2) is 9.36 Å². The SMILES string of the molecule is CCCc1cc[n+](Cc2cc(=O)oc3cc(C)c(Cl)cc23)cc1. The van der Waals surface area contributed by atoms with Crippen LogP contribution in [0, 0.1) is 6.92 Å². The molecular formula is C19H19ClNO2+. The smallest absolute Gasteiger partial charge is 0.336 e. The monoisotopic (exact) mass is 328 g/mol. The van der Waals surface area contributed by atoms with Gasteiger partial charge in [0.25, 0.3) is 0 Å². The molecule has 3 aromatic rings. The lowest BCUT2D eigenvalue weighted by molar-refractivity contribution is -0.688. The molecule has 0 amide bonds. The van der Waals surface area contributed by atoms with Gasteiger partial charge in [0.05, 0.1) is 0 Å². The zero-order valence-electron chi connectivity index (χ0n) is 13.3. The van der Waals surface area contributed by atoms with Crippen LogP contribution < -0.4 is 10.2 Å². The Kier molecular flexibility index (Phi) is 4.49. The summed E-state index contributed by atoms with van der Waals surface area (Å²) < 4.78 is 7.36. The van der Waals surface area contributed by atoms with Crippen LogP contribution >= 0.6 is 11.6 Å². The minimum atomic E-state index is -0.336. The molecule has 0 saturated carbocycles. The number of fused-ring (bicyclic) bond motifs is 1. The predicted octanol–water partition coefficient (Wildman–Crippen LogP) is 4.04. The van der Waals surface area contributed by atoms with E-state index in [1.807, 2.05) is 31.5 Å². The van der Waals surface area contributed by atoms with Gasteiger partial charge in [0.1, 0.15) is 5.58 Å². The number of benzene rings is 1. The number of rotatable bonds is 4. The van der Waals surface area contributed by atoms with Gasteiger partial charge >= 0.3 is 5.63 Å². The first-order valence-corrected chi connectivity index (χ1v) is 8.15. The Morgan fingerprint density at radius 1 is 1.17 bits per heavy atom. The van der Waals surface area contributed by atoms with E-state index in [1.54, 1.807) is 6.07 Å². The average molecular weight is 329 g/mol. The number of hydrogen-bond acceptors (Lipinski definition) is 2. The average Bonchev–Trinajstić information content (AvgIpc) is 2.51. The molecule has 0 unspecified atom stereocenters. The summed E-state index contributed by atoms with van der Waals surface area (Å²) in [5.74, 6) is 0. The molecule has 3 rings (SSSR count). The standard InChI is InChI=1S/C19H19ClNO2/c1-3-4-14-5-7-21(8-6-14)12-15-10-19(22)23-18-9-13(2)17(20)11-16(15)18/h5-11H,3-4,12H2,1-2H3/q+1. The molecule has 0 saturated heterocycles. The Balaban J connectivity index is 2.02. The number of pyridine rings is 1. The molecule has 0 atom stereocenters. The third kappa shape index (κ3) is 3.45. The van der Waals surface area contributed by atoms with E-state index in [1.165, 1.54) is 5.56 Å². The lowest BCUT2D eigenvalue weighted by Crippen LogP contribution is -2.33. The van der Waals surface area contributed by atoms with Crippen molar-refractivity contribution < 1.29 is 8.98 Å². The molecule has 2 heterocycles. The largest absolute Gasteiger partial charge is 0.423 e. The maximum absolute atomic E-state index is 11.8. The molecular weight excluding hydrogens is 310 g/mol. The Morgan fingerprint density at radius 3 is 2.61 bits per heavy atom. The molecule has 0 radical (unpaired) electrons. The van der Waals surface area contributed by atoms with Gasteiger partial charge in [-0.2, -0.15) is 0 Å². The van der Waals surface area contributed by atoms with Crippen molar-refractivity contribution in [2.24, 2.45) is 0 Å². The number of aromatic nitrogens is 1. The second-order valence-corrected chi connectivity index (χ2v) is 6.22. The molecule has 2 aromatic heterocycles. The van der Waals surface area contributed by atoms with Crippen molar-refractivity contribution in [3.05, 3.63) is 74.9 Å². The number of aryl methyl sites for hydroxylation is 2. The van der Waals surface area contributed by atoms with E-state index in [9.17, 15) is 4.79 Å². The van der Waals surface area contributed by atoms with Crippen molar-refractivity contribution >= 4 is 22.6 Å². The van der Waals surface area contributed by atoms with Crippen LogP contribution in [-0.4, -0.2) is 0 Å². The second-order valence-electron chi connectivity index (χ2n) is 5.82. The van der Waals surface area contributed by atoms with Crippen molar-refractivity contribution in [3.8, 4) is 0 Å². The van der Waals surface area contributed by atoms with Gasteiger partial charge in [0.15, 0.2) is 18.9 Å². The zero-order valence-corrected chi connectivity index (χ0v) is 14.1. The molecule has 0 aliphatic rings. The molecule has 0 spiro atoms. The summed E-state index contributed by atoms with van der Waals surface area (Å²) in [5, 5.41) is 1.56. The van der Waals surface area contributed by atoms with E-state index in [2.05, 4.69) is 23.6 Å². The van der Waals surface area contributed by atoms with E-state index in [0.29, 0.717) is 17.2 Å². The number of hydrogen-bond donors (Lipinski definition) is 0. The fraction of sp³-hybridized carbons (Fsp3) is 0.263. The van der Waals surface area contributed by atoms with E-state index >= 15 is 0 Å². The van der Waals surface area contributed by atoms with Crippen molar-refractivity contribution in [3.63, 3.8) is 0 Å². The van der Waals surface area contributed by atoms with Crippen LogP contribution in [0.1, 0.15) is 30.0 Å². The summed E-state index contributed by atoms with van der Waals surface area (Å²) in [5.41, 5.74) is 3.37. The number of halogens is 1. The topological polar surface area (TPSA) is 34.1 Å². The molecule has 118 valence electrons. The molecule has 0 fully saturated rings. The molecule has 3 nitrogen and oxygen atoms in total. The Hall–Kier alpha value is -2.13. The van der Waals surface area contributed by atoms with Crippen molar-refractivity contribution in [2.45, 2.75) is 33.2 Å². The first kappa shape index (κ1) is 15.8. The first-order chi connectivity index (χ1) is 11.1. The van der Waals surface area contributed by atoms with Crippen LogP contribution in [0.2, 0.25) is 5.02 Å². The highest BCUT2D eigenvalue weighted by atomic mass is 35.5. The van der Waals surface area contributed by atoms with Gasteiger partial charge in [-0.15, -0.1) is 0 Å². The summed E-state index contributed by atoms with van der Waals surface area (Å²) in [6, 6.07) is 9.47. The molecule has 1 aromatic carbocycles. The van der Waals surface area contributed by atoms with Gasteiger partial charge in [0.2, 0.25) is 0 Å². The lowest BCUT2D eigenvalue weighted by atomic mass is 10.1. The summed E-state index contributed by atoms with van der Waals surface area (Å²) in [6.07, 6.45) is 6.29. The van der Waals surface area contributed by atoms with Crippen molar-refractivity contribution in [1.29, 1.82) is 0 Å². The maximum Gasteiger partial charge on any atom is 0.336 e. The molecule has 0 N–H and O–H groups in total. The van der Waals surface area contributed by atoms with E-state index < -0.39 is 0 Å². The Bertz CT molecular complexity index is 898. The molecule has 23 heavy (non-hydrogen) atoms.